The van der Waals surface area contributed by atoms with Crippen LogP contribution in [0.1, 0.15) is 5.69 Å². The Balaban J connectivity index is 2.06. The Hall–Kier alpha value is -2.60. The Morgan fingerprint density at radius 1 is 1.00 bits per heavy atom. The number of hydrogen-bond acceptors (Lipinski definition) is 4. The van der Waals surface area contributed by atoms with Crippen LogP contribution in [0.4, 0.5) is 11.4 Å². The topological polar surface area (TPSA) is 85.1 Å². The lowest BCUT2D eigenvalue weighted by Crippen LogP contribution is -2.13. The summed E-state index contributed by atoms with van der Waals surface area (Å²) in [5, 5.41) is 0.878. The number of pyridine rings is 1. The van der Waals surface area contributed by atoms with Crippen molar-refractivity contribution >= 4 is 32.3 Å². The number of para-hydroxylation sites is 1. The van der Waals surface area contributed by atoms with Gasteiger partial charge in [0.1, 0.15) is 0 Å². The Labute approximate surface area is 128 Å². The van der Waals surface area contributed by atoms with E-state index in [-0.39, 0.29) is 4.90 Å². The van der Waals surface area contributed by atoms with Crippen LogP contribution in [0.15, 0.2) is 59.5 Å². The highest BCUT2D eigenvalue weighted by Gasteiger charge is 2.15. The average Bonchev–Trinajstić information content (AvgIpc) is 2.48. The molecule has 3 N–H and O–H groups in total. The summed E-state index contributed by atoms with van der Waals surface area (Å²) >= 11 is 0. The van der Waals surface area contributed by atoms with Gasteiger partial charge >= 0.3 is 0 Å². The highest BCUT2D eigenvalue weighted by molar-refractivity contribution is 7.92. The highest BCUT2D eigenvalue weighted by atomic mass is 32.2. The SMILES string of the molecule is Cc1ccc2cccc(NS(=O)(=O)c3ccc(N)cc3)c2n1. The van der Waals surface area contributed by atoms with Crippen molar-refractivity contribution in [1.82, 2.24) is 4.98 Å². The number of anilines is 2. The van der Waals surface area contributed by atoms with Gasteiger partial charge in [-0.05, 0) is 43.3 Å². The molecule has 22 heavy (non-hydrogen) atoms. The number of hydrogen-bond donors (Lipinski definition) is 2. The summed E-state index contributed by atoms with van der Waals surface area (Å²) in [6, 6.07) is 15.2. The monoisotopic (exact) mass is 313 g/mol. The fourth-order valence-corrected chi connectivity index (χ4v) is 3.24. The van der Waals surface area contributed by atoms with Gasteiger partial charge in [-0.15, -0.1) is 0 Å². The Kier molecular flexibility index (Phi) is 3.46. The molecule has 1 aromatic heterocycles. The molecule has 0 aliphatic heterocycles. The van der Waals surface area contributed by atoms with Crippen LogP contribution in [0.2, 0.25) is 0 Å². The maximum atomic E-state index is 12.5. The molecule has 0 spiro atoms. The standard InChI is InChI=1S/C16H15N3O2S/c1-11-5-6-12-3-2-4-15(16(12)18-11)19-22(20,21)14-9-7-13(17)8-10-14/h2-10,19H,17H2,1H3. The molecule has 6 heteroatoms. The fraction of sp³-hybridized carbons (Fsp3) is 0.0625. The molecule has 0 atom stereocenters. The van der Waals surface area contributed by atoms with Crippen molar-refractivity contribution in [2.24, 2.45) is 0 Å². The van der Waals surface area contributed by atoms with Gasteiger partial charge in [0.2, 0.25) is 0 Å². The molecule has 112 valence electrons. The average molecular weight is 313 g/mol. The van der Waals surface area contributed by atoms with Crippen LogP contribution < -0.4 is 10.5 Å². The van der Waals surface area contributed by atoms with Gasteiger partial charge in [0.15, 0.2) is 0 Å². The van der Waals surface area contributed by atoms with Gasteiger partial charge < -0.3 is 5.73 Å². The van der Waals surface area contributed by atoms with Crippen molar-refractivity contribution in [1.29, 1.82) is 0 Å². The fourth-order valence-electron chi connectivity index (χ4n) is 2.18. The lowest BCUT2D eigenvalue weighted by molar-refractivity contribution is 0.601. The third-order valence-corrected chi connectivity index (χ3v) is 4.68. The van der Waals surface area contributed by atoms with E-state index >= 15 is 0 Å². The van der Waals surface area contributed by atoms with E-state index < -0.39 is 10.0 Å². The van der Waals surface area contributed by atoms with Gasteiger partial charge in [-0.3, -0.25) is 9.71 Å². The summed E-state index contributed by atoms with van der Waals surface area (Å²) in [7, 11) is -3.68. The van der Waals surface area contributed by atoms with E-state index in [1.807, 2.05) is 25.1 Å². The van der Waals surface area contributed by atoms with E-state index in [9.17, 15) is 8.42 Å². The molecule has 0 unspecified atom stereocenters. The van der Waals surface area contributed by atoms with Crippen LogP contribution in [0.3, 0.4) is 0 Å². The molecule has 3 rings (SSSR count). The maximum Gasteiger partial charge on any atom is 0.261 e. The number of nitrogens with zero attached hydrogens (tertiary/aromatic N) is 1. The first kappa shape index (κ1) is 14.3. The predicted molar refractivity (Wildman–Crippen MR) is 88.1 cm³/mol. The molecular formula is C16H15N3O2S. The lowest BCUT2D eigenvalue weighted by atomic mass is 10.2. The normalized spacial score (nSPS) is 11.5. The van der Waals surface area contributed by atoms with Gasteiger partial charge in [-0.25, -0.2) is 8.42 Å². The van der Waals surface area contributed by atoms with E-state index in [0.29, 0.717) is 16.9 Å². The predicted octanol–water partition coefficient (Wildman–Crippen LogP) is 2.93. The maximum absolute atomic E-state index is 12.5. The van der Waals surface area contributed by atoms with Gasteiger partial charge in [-0.1, -0.05) is 18.2 Å². The zero-order chi connectivity index (χ0) is 15.7. The number of benzene rings is 2. The third kappa shape index (κ3) is 2.73. The molecule has 0 saturated carbocycles. The van der Waals surface area contributed by atoms with Crippen LogP contribution >= 0.6 is 0 Å². The van der Waals surface area contributed by atoms with Gasteiger partial charge in [-0.2, -0.15) is 0 Å². The summed E-state index contributed by atoms with van der Waals surface area (Å²) in [5.41, 5.74) is 8.01. The molecule has 3 aromatic rings. The molecule has 5 nitrogen and oxygen atoms in total. The second kappa shape index (κ2) is 5.31. The zero-order valence-corrected chi connectivity index (χ0v) is 12.8. The smallest absolute Gasteiger partial charge is 0.261 e. The van der Waals surface area contributed by atoms with Crippen molar-refractivity contribution in [3.05, 3.63) is 60.3 Å². The van der Waals surface area contributed by atoms with Gasteiger partial charge in [0, 0.05) is 16.8 Å². The summed E-state index contributed by atoms with van der Waals surface area (Å²) in [6.07, 6.45) is 0. The van der Waals surface area contributed by atoms with Crippen LogP contribution in [0.25, 0.3) is 10.9 Å². The second-order valence-corrected chi connectivity index (χ2v) is 6.69. The Morgan fingerprint density at radius 3 is 2.45 bits per heavy atom. The number of nitrogen functional groups attached to an aromatic ring is 1. The van der Waals surface area contributed by atoms with Crippen LogP contribution in [0.5, 0.6) is 0 Å². The number of sulfonamides is 1. The minimum absolute atomic E-state index is 0.159. The molecule has 0 aliphatic rings. The summed E-state index contributed by atoms with van der Waals surface area (Å²) in [6.45, 7) is 1.87. The number of nitrogens with one attached hydrogen (secondary N) is 1. The number of aromatic nitrogens is 1. The Bertz CT molecular complexity index is 935. The highest BCUT2D eigenvalue weighted by Crippen LogP contribution is 2.24. The largest absolute Gasteiger partial charge is 0.399 e. The first-order chi connectivity index (χ1) is 10.5. The molecule has 1 heterocycles. The molecule has 0 aliphatic carbocycles. The van der Waals surface area contributed by atoms with Crippen molar-refractivity contribution in [3.8, 4) is 0 Å². The quantitative estimate of drug-likeness (QED) is 0.728. The van der Waals surface area contributed by atoms with Crippen molar-refractivity contribution in [3.63, 3.8) is 0 Å². The number of rotatable bonds is 3. The van der Waals surface area contributed by atoms with Gasteiger partial charge in [0.25, 0.3) is 10.0 Å². The molecule has 2 aromatic carbocycles. The van der Waals surface area contributed by atoms with Crippen LogP contribution in [-0.2, 0) is 10.0 Å². The molecule has 0 amide bonds. The third-order valence-electron chi connectivity index (χ3n) is 3.29. The summed E-state index contributed by atoms with van der Waals surface area (Å²) in [4.78, 5) is 4.58. The van der Waals surface area contributed by atoms with Crippen LogP contribution in [0, 0.1) is 6.92 Å². The molecule has 0 radical (unpaired) electrons. The minimum Gasteiger partial charge on any atom is -0.399 e. The summed E-state index contributed by atoms with van der Waals surface area (Å²) in [5.74, 6) is 0. The first-order valence-electron chi connectivity index (χ1n) is 6.70. The number of fused-ring (bicyclic) bond motifs is 1. The zero-order valence-electron chi connectivity index (χ0n) is 11.9. The van der Waals surface area contributed by atoms with Crippen molar-refractivity contribution in [2.45, 2.75) is 11.8 Å². The molecule has 0 bridgehead atoms. The van der Waals surface area contributed by atoms with Crippen LogP contribution in [-0.4, -0.2) is 13.4 Å². The second-order valence-electron chi connectivity index (χ2n) is 5.00. The molecule has 0 fully saturated rings. The van der Waals surface area contributed by atoms with Crippen molar-refractivity contribution in [2.75, 3.05) is 10.5 Å². The van der Waals surface area contributed by atoms with Gasteiger partial charge in [0.05, 0.1) is 16.1 Å². The van der Waals surface area contributed by atoms with Crippen molar-refractivity contribution < 1.29 is 8.42 Å². The van der Waals surface area contributed by atoms with E-state index in [0.717, 1.165) is 11.1 Å². The number of aryl methyl sites for hydroxylation is 1. The Morgan fingerprint density at radius 2 is 1.73 bits per heavy atom. The van der Waals surface area contributed by atoms with E-state index in [2.05, 4.69) is 9.71 Å². The summed E-state index contributed by atoms with van der Waals surface area (Å²) < 4.78 is 27.5. The van der Waals surface area contributed by atoms with E-state index in [4.69, 9.17) is 5.73 Å². The van der Waals surface area contributed by atoms with E-state index in [1.165, 1.54) is 12.1 Å². The van der Waals surface area contributed by atoms with E-state index in [1.54, 1.807) is 24.3 Å². The number of nitrogens with two attached hydrogens (primary N) is 1. The minimum atomic E-state index is -3.68. The molecule has 0 saturated heterocycles. The first-order valence-corrected chi connectivity index (χ1v) is 8.19. The lowest BCUT2D eigenvalue weighted by Gasteiger charge is -2.10. The molecular weight excluding hydrogens is 298 g/mol.